The fraction of sp³-hybridized carbons (Fsp3) is 0.0952. The number of nitrogens with one attached hydrogen (secondary N) is 1. The van der Waals surface area contributed by atoms with E-state index in [1.807, 2.05) is 0 Å². The van der Waals surface area contributed by atoms with Gasteiger partial charge in [-0.15, -0.1) is 10.2 Å². The Labute approximate surface area is 314 Å². The van der Waals surface area contributed by atoms with Crippen LogP contribution >= 0.6 is 11.8 Å². The molecular weight excluding hydrogens is 701 g/mol. The minimum absolute atomic E-state index is 0.0203. The van der Waals surface area contributed by atoms with Gasteiger partial charge < -0.3 is 10.2 Å². The molecule has 1 aromatic carbocycles. The minimum atomic E-state index is -1.19. The number of rotatable bonds is 7. The molecule has 12 heteroatoms. The van der Waals surface area contributed by atoms with Gasteiger partial charge in [0.25, 0.3) is 0 Å². The Kier molecular flexibility index (Phi) is 13.8. The topological polar surface area (TPSA) is 154 Å². The van der Waals surface area contributed by atoms with Crippen molar-refractivity contribution in [2.24, 2.45) is 0 Å². The lowest BCUT2D eigenvalue weighted by atomic mass is 10.1. The van der Waals surface area contributed by atoms with E-state index in [1.165, 1.54) is 41.4 Å². The highest BCUT2D eigenvalue weighted by atomic mass is 32.2. The fourth-order valence-electron chi connectivity index (χ4n) is 4.19. The Bertz CT molecular complexity index is 2860. The molecule has 3 heterocycles. The van der Waals surface area contributed by atoms with E-state index in [-0.39, 0.29) is 27.7 Å². The first kappa shape index (κ1) is 38.2. The number of carbonyl (C=O) groups excluding carboxylic acids is 1. The molecule has 54 heavy (non-hydrogen) atoms. The molecule has 0 aliphatic heterocycles. The highest BCUT2D eigenvalue weighted by Gasteiger charge is 2.29. The van der Waals surface area contributed by atoms with Crippen LogP contribution < -0.4 is 4.90 Å². The lowest BCUT2D eigenvalue weighted by Gasteiger charge is -2.26. The Morgan fingerprint density at radius 1 is 0.778 bits per heavy atom. The van der Waals surface area contributed by atoms with Crippen LogP contribution in [0.1, 0.15) is 52.1 Å². The van der Waals surface area contributed by atoms with Crippen molar-refractivity contribution in [3.63, 3.8) is 0 Å². The second-order valence-corrected chi connectivity index (χ2v) is 10.9. The van der Waals surface area contributed by atoms with Crippen LogP contribution in [-0.2, 0) is 4.79 Å². The van der Waals surface area contributed by atoms with Crippen LogP contribution in [0.4, 0.5) is 5.69 Å². The van der Waals surface area contributed by atoms with E-state index in [9.17, 15) is 24.6 Å². The van der Waals surface area contributed by atoms with Crippen LogP contribution in [0.5, 0.6) is 0 Å². The number of carboxylic acid groups (broad SMARTS) is 2. The van der Waals surface area contributed by atoms with Gasteiger partial charge in [-0.25, -0.2) is 19.1 Å². The third-order valence-electron chi connectivity index (χ3n) is 6.42. The average molecular weight is 721 g/mol. The third kappa shape index (κ3) is 10.5. The maximum Gasteiger partial charge on any atom is 0.338 e. The van der Waals surface area contributed by atoms with Gasteiger partial charge in [-0.05, 0) is 146 Å². The number of carboxylic acids is 2. The van der Waals surface area contributed by atoms with Crippen molar-refractivity contribution in [3.05, 3.63) is 65.2 Å². The standard InChI is InChI=1S/C42H20N6O5S/c1-4-5-6-7-8-9-10-11-12-13-14-15-16-17-18-19-20-21-22-28-36(49)47(34-26-23-25-33(30-34)41(50)51)32(3)38-44-45-39-37(31(2)46-48(38)39)54-40-35(42(52)53)27-24-29-43-40/h23-27,29-30,32,46H,1-3H3,(H,50,51)(H,52,53). The molecule has 254 valence electrons. The molecule has 0 aliphatic carbocycles. The van der Waals surface area contributed by atoms with Gasteiger partial charge in [0.15, 0.2) is 11.5 Å². The summed E-state index contributed by atoms with van der Waals surface area (Å²) in [7, 11) is 0. The maximum absolute atomic E-state index is 13.6. The summed E-state index contributed by atoms with van der Waals surface area (Å²) >= 11 is 1.10. The number of hydrogen-bond acceptors (Lipinski definition) is 7. The van der Waals surface area contributed by atoms with Gasteiger partial charge in [-0.1, -0.05) is 23.7 Å². The van der Waals surface area contributed by atoms with E-state index in [2.05, 4.69) is 139 Å². The Morgan fingerprint density at radius 3 is 1.91 bits per heavy atom. The zero-order valence-corrected chi connectivity index (χ0v) is 29.2. The van der Waals surface area contributed by atoms with Crippen molar-refractivity contribution in [3.8, 4) is 118 Å². The lowest BCUT2D eigenvalue weighted by Crippen LogP contribution is -2.34. The molecule has 0 radical (unpaired) electrons. The Hall–Kier alpha value is -8.59. The largest absolute Gasteiger partial charge is 0.478 e. The summed E-state index contributed by atoms with van der Waals surface area (Å²) in [5.74, 6) is 47.2. The van der Waals surface area contributed by atoms with Crippen molar-refractivity contribution >= 4 is 40.9 Å². The molecule has 0 aliphatic rings. The SMILES string of the molecule is CC#CC#CC#CC#CC#CC#CC#CC#CC#CC#CC(=O)N(c1cccc(C(=O)O)c1)C(C)c1nnc2c(Sc3ncccc3C(=O)O)c(C)[nH]n12. The lowest BCUT2D eigenvalue weighted by molar-refractivity contribution is -0.113. The van der Waals surface area contributed by atoms with Crippen molar-refractivity contribution in [1.29, 1.82) is 0 Å². The highest BCUT2D eigenvalue weighted by molar-refractivity contribution is 7.99. The molecular formula is C42H20N6O5S. The zero-order valence-electron chi connectivity index (χ0n) is 28.4. The van der Waals surface area contributed by atoms with Gasteiger partial charge in [0.05, 0.1) is 22.1 Å². The van der Waals surface area contributed by atoms with E-state index in [0.717, 1.165) is 11.8 Å². The number of aryl methyl sites for hydroxylation is 1. The fourth-order valence-corrected chi connectivity index (χ4v) is 5.19. The number of carbonyl (C=O) groups is 3. The normalized spacial score (nSPS) is 9.02. The summed E-state index contributed by atoms with van der Waals surface area (Å²) in [5.41, 5.74) is 1.20. The van der Waals surface area contributed by atoms with E-state index in [4.69, 9.17) is 0 Å². The smallest absolute Gasteiger partial charge is 0.338 e. The van der Waals surface area contributed by atoms with Crippen LogP contribution in [0.2, 0.25) is 0 Å². The van der Waals surface area contributed by atoms with Gasteiger partial charge in [0, 0.05) is 35.3 Å². The summed E-state index contributed by atoms with van der Waals surface area (Å²) in [6, 6.07) is 7.92. The number of aromatic amines is 1. The monoisotopic (exact) mass is 720 g/mol. The number of pyridine rings is 1. The van der Waals surface area contributed by atoms with Gasteiger partial charge in [-0.2, -0.15) is 0 Å². The average Bonchev–Trinajstić information content (AvgIpc) is 3.71. The second kappa shape index (κ2) is 19.6. The number of benzene rings is 1. The third-order valence-corrected chi connectivity index (χ3v) is 7.63. The highest BCUT2D eigenvalue weighted by Crippen LogP contribution is 2.35. The molecule has 1 atom stereocenters. The number of nitrogens with zero attached hydrogens (tertiary/aromatic N) is 5. The van der Waals surface area contributed by atoms with Crippen LogP contribution in [0.3, 0.4) is 0 Å². The number of anilines is 1. The molecule has 3 aromatic heterocycles. The maximum atomic E-state index is 13.6. The van der Waals surface area contributed by atoms with Crippen LogP contribution in [0.15, 0.2) is 52.5 Å². The van der Waals surface area contributed by atoms with E-state index in [1.54, 1.807) is 31.4 Å². The summed E-state index contributed by atoms with van der Waals surface area (Å²) in [4.78, 5) is 43.2. The number of aromatic carboxylic acids is 2. The van der Waals surface area contributed by atoms with E-state index < -0.39 is 23.9 Å². The van der Waals surface area contributed by atoms with Gasteiger partial charge in [0.1, 0.15) is 5.03 Å². The molecule has 1 amide bonds. The van der Waals surface area contributed by atoms with Gasteiger partial charge in [-0.3, -0.25) is 14.8 Å². The summed E-state index contributed by atoms with van der Waals surface area (Å²) < 4.78 is 1.56. The molecule has 0 bridgehead atoms. The summed E-state index contributed by atoms with van der Waals surface area (Å²) in [6.07, 6.45) is 1.49. The number of fused-ring (bicyclic) bond motifs is 1. The molecule has 11 nitrogen and oxygen atoms in total. The van der Waals surface area contributed by atoms with E-state index >= 15 is 0 Å². The predicted octanol–water partition coefficient (Wildman–Crippen LogP) is 3.46. The summed E-state index contributed by atoms with van der Waals surface area (Å²) in [6.45, 7) is 5.11. The van der Waals surface area contributed by atoms with Crippen LogP contribution in [-0.4, -0.2) is 52.9 Å². The Balaban J connectivity index is 1.54. The van der Waals surface area contributed by atoms with Crippen molar-refractivity contribution < 1.29 is 24.6 Å². The first-order chi connectivity index (χ1) is 26.2. The van der Waals surface area contributed by atoms with Crippen LogP contribution in [0, 0.1) is 125 Å². The first-order valence-electron chi connectivity index (χ1n) is 15.1. The molecule has 1 unspecified atom stereocenters. The minimum Gasteiger partial charge on any atom is -0.478 e. The van der Waals surface area contributed by atoms with Crippen molar-refractivity contribution in [2.45, 2.75) is 36.7 Å². The molecule has 0 saturated carbocycles. The van der Waals surface area contributed by atoms with Crippen LogP contribution in [0.25, 0.3) is 5.65 Å². The zero-order chi connectivity index (χ0) is 38.7. The van der Waals surface area contributed by atoms with Crippen molar-refractivity contribution in [2.75, 3.05) is 4.90 Å². The quantitative estimate of drug-likeness (QED) is 0.244. The molecule has 3 N–H and O–H groups in total. The predicted molar refractivity (Wildman–Crippen MR) is 200 cm³/mol. The summed E-state index contributed by atoms with van der Waals surface area (Å²) in [5, 5.41) is 31.2. The molecule has 4 rings (SSSR count). The number of hydrogen-bond donors (Lipinski definition) is 3. The molecule has 4 aromatic rings. The number of aromatic nitrogens is 5. The number of amides is 1. The molecule has 0 fully saturated rings. The second-order valence-electron chi connectivity index (χ2n) is 9.88. The molecule has 0 saturated heterocycles. The molecule has 0 spiro atoms. The van der Waals surface area contributed by atoms with Gasteiger partial charge in [0.2, 0.25) is 0 Å². The Morgan fingerprint density at radius 2 is 1.35 bits per heavy atom. The van der Waals surface area contributed by atoms with Gasteiger partial charge >= 0.3 is 17.8 Å². The first-order valence-corrected chi connectivity index (χ1v) is 15.9. The van der Waals surface area contributed by atoms with E-state index in [0.29, 0.717) is 16.2 Å². The van der Waals surface area contributed by atoms with Crippen molar-refractivity contribution in [1.82, 2.24) is 24.8 Å². The number of H-pyrrole nitrogens is 1.